The van der Waals surface area contributed by atoms with Gasteiger partial charge in [-0.2, -0.15) is 9.78 Å². The van der Waals surface area contributed by atoms with E-state index in [1.54, 1.807) is 36.5 Å². The summed E-state index contributed by atoms with van der Waals surface area (Å²) >= 11 is 17.8. The molecule has 6 aromatic rings. The lowest BCUT2D eigenvalue weighted by Gasteiger charge is -2.10. The fourth-order valence-corrected chi connectivity index (χ4v) is 5.54. The van der Waals surface area contributed by atoms with Gasteiger partial charge in [0.15, 0.2) is 5.76 Å². The van der Waals surface area contributed by atoms with Gasteiger partial charge >= 0.3 is 0 Å². The molecule has 0 saturated carbocycles. The third-order valence-corrected chi connectivity index (χ3v) is 8.18. The fraction of sp³-hybridized carbons (Fsp3) is 0.0333. The zero-order valence-corrected chi connectivity index (χ0v) is 25.7. The minimum Gasteiger partial charge on any atom is -0.488 e. The Balaban J connectivity index is 1.34. The third-order valence-electron chi connectivity index (χ3n) is 6.11. The molecule has 40 heavy (non-hydrogen) atoms. The van der Waals surface area contributed by atoms with Crippen LogP contribution >= 0.6 is 61.7 Å². The molecule has 0 fully saturated rings. The molecule has 0 atom stereocenters. The molecule has 0 saturated heterocycles. The van der Waals surface area contributed by atoms with E-state index in [-0.39, 0.29) is 5.56 Å². The fourth-order valence-electron chi connectivity index (χ4n) is 4.14. The van der Waals surface area contributed by atoms with Gasteiger partial charge in [0.25, 0.3) is 5.56 Å². The summed E-state index contributed by atoms with van der Waals surface area (Å²) in [5.41, 5.74) is 2.64. The molecule has 198 valence electrons. The van der Waals surface area contributed by atoms with Crippen molar-refractivity contribution in [1.29, 1.82) is 0 Å². The zero-order valence-electron chi connectivity index (χ0n) is 20.4. The number of para-hydroxylation sites is 1. The van der Waals surface area contributed by atoms with E-state index in [0.717, 1.165) is 24.6 Å². The van der Waals surface area contributed by atoms with Gasteiger partial charge in [0.05, 0.1) is 30.7 Å². The summed E-state index contributed by atoms with van der Waals surface area (Å²) in [6, 6.07) is 25.8. The highest BCUT2D eigenvalue weighted by atomic mass is 127. The molecule has 0 spiro atoms. The van der Waals surface area contributed by atoms with Gasteiger partial charge in [0.1, 0.15) is 17.9 Å². The first-order chi connectivity index (χ1) is 19.4. The molecule has 6 rings (SSSR count). The van der Waals surface area contributed by atoms with E-state index >= 15 is 0 Å². The second-order valence-electron chi connectivity index (χ2n) is 8.83. The van der Waals surface area contributed by atoms with Crippen LogP contribution in [0, 0.1) is 3.57 Å². The second kappa shape index (κ2) is 11.4. The molecule has 6 nitrogen and oxygen atoms in total. The van der Waals surface area contributed by atoms with Crippen LogP contribution in [0.2, 0.25) is 10.0 Å². The smallest absolute Gasteiger partial charge is 0.282 e. The Morgan fingerprint density at radius 1 is 1.00 bits per heavy atom. The van der Waals surface area contributed by atoms with E-state index in [9.17, 15) is 4.79 Å². The Bertz CT molecular complexity index is 2010. The van der Waals surface area contributed by atoms with Crippen LogP contribution in [0.1, 0.15) is 11.1 Å². The molecular formula is C30H17BrCl2IN3O3. The minimum absolute atomic E-state index is 0.297. The van der Waals surface area contributed by atoms with Crippen molar-refractivity contribution < 1.29 is 9.15 Å². The number of rotatable bonds is 6. The van der Waals surface area contributed by atoms with Crippen molar-refractivity contribution in [1.82, 2.24) is 9.66 Å². The highest BCUT2D eigenvalue weighted by molar-refractivity contribution is 14.1. The molecule has 2 aromatic heterocycles. The van der Waals surface area contributed by atoms with E-state index in [1.807, 2.05) is 54.6 Å². The van der Waals surface area contributed by atoms with Gasteiger partial charge in [-0.3, -0.25) is 4.79 Å². The van der Waals surface area contributed by atoms with Crippen molar-refractivity contribution in [2.75, 3.05) is 0 Å². The average molecular weight is 745 g/mol. The lowest BCUT2D eigenvalue weighted by molar-refractivity contribution is 0.304. The van der Waals surface area contributed by atoms with E-state index < -0.39 is 0 Å². The Morgan fingerprint density at radius 3 is 2.67 bits per heavy atom. The van der Waals surface area contributed by atoms with E-state index in [0.29, 0.717) is 50.5 Å². The standard InChI is InChI=1S/C30H17BrCl2IN3O3/c31-20-7-10-26-19(13-20)14-28(40-26)29-36-25-4-2-1-3-21(25)30(38)37(29)35-15-17-6-9-27(24(34)12-17)39-16-18-5-8-22(32)23(33)11-18/h1-15H,16H2. The molecule has 0 amide bonds. The predicted octanol–water partition coefficient (Wildman–Crippen LogP) is 8.94. The van der Waals surface area contributed by atoms with Crippen molar-refractivity contribution in [3.63, 3.8) is 0 Å². The lowest BCUT2D eigenvalue weighted by atomic mass is 10.2. The van der Waals surface area contributed by atoms with Crippen LogP contribution in [-0.4, -0.2) is 15.9 Å². The topological polar surface area (TPSA) is 69.6 Å². The maximum absolute atomic E-state index is 13.5. The summed E-state index contributed by atoms with van der Waals surface area (Å²) in [7, 11) is 0. The number of halogens is 4. The molecule has 0 N–H and O–H groups in total. The molecule has 0 unspecified atom stereocenters. The van der Waals surface area contributed by atoms with E-state index in [4.69, 9.17) is 37.3 Å². The maximum Gasteiger partial charge on any atom is 0.282 e. The average Bonchev–Trinajstić information content (AvgIpc) is 3.37. The molecule has 0 aliphatic carbocycles. The monoisotopic (exact) mass is 743 g/mol. The third kappa shape index (κ3) is 5.54. The molecule has 4 aromatic carbocycles. The van der Waals surface area contributed by atoms with Gasteiger partial charge in [-0.1, -0.05) is 57.3 Å². The van der Waals surface area contributed by atoms with Gasteiger partial charge < -0.3 is 9.15 Å². The van der Waals surface area contributed by atoms with Crippen molar-refractivity contribution in [2.45, 2.75) is 6.61 Å². The second-order valence-corrected chi connectivity index (χ2v) is 11.7. The lowest BCUT2D eigenvalue weighted by Crippen LogP contribution is -2.20. The normalized spacial score (nSPS) is 11.6. The van der Waals surface area contributed by atoms with Crippen LogP contribution in [0.4, 0.5) is 0 Å². The molecular weight excluding hydrogens is 728 g/mol. The molecule has 2 heterocycles. The van der Waals surface area contributed by atoms with Gasteiger partial charge in [-0.25, -0.2) is 4.98 Å². The molecule has 0 bridgehead atoms. The Hall–Kier alpha value is -3.18. The number of benzene rings is 4. The van der Waals surface area contributed by atoms with Gasteiger partial charge in [-0.15, -0.1) is 0 Å². The number of hydrogen-bond donors (Lipinski definition) is 0. The minimum atomic E-state index is -0.297. The highest BCUT2D eigenvalue weighted by Crippen LogP contribution is 2.30. The number of fused-ring (bicyclic) bond motifs is 2. The Morgan fingerprint density at radius 2 is 1.85 bits per heavy atom. The van der Waals surface area contributed by atoms with E-state index in [1.165, 1.54) is 4.68 Å². The summed E-state index contributed by atoms with van der Waals surface area (Å²) in [4.78, 5) is 18.3. The summed E-state index contributed by atoms with van der Waals surface area (Å²) in [6.45, 7) is 0.343. The quantitative estimate of drug-likeness (QED) is 0.126. The van der Waals surface area contributed by atoms with Crippen LogP contribution in [-0.2, 0) is 6.61 Å². The first-order valence-corrected chi connectivity index (χ1v) is 14.6. The molecule has 10 heteroatoms. The van der Waals surface area contributed by atoms with Gasteiger partial charge in [0.2, 0.25) is 5.82 Å². The summed E-state index contributed by atoms with van der Waals surface area (Å²) in [6.07, 6.45) is 1.62. The summed E-state index contributed by atoms with van der Waals surface area (Å²) in [5.74, 6) is 1.46. The van der Waals surface area contributed by atoms with Crippen LogP contribution in [0.3, 0.4) is 0 Å². The van der Waals surface area contributed by atoms with Crippen molar-refractivity contribution in [2.24, 2.45) is 5.10 Å². The van der Waals surface area contributed by atoms with Crippen LogP contribution in [0.15, 0.2) is 104 Å². The summed E-state index contributed by atoms with van der Waals surface area (Å²) in [5, 5.41) is 6.88. The zero-order chi connectivity index (χ0) is 27.8. The number of furan rings is 1. The van der Waals surface area contributed by atoms with Gasteiger partial charge in [0, 0.05) is 9.86 Å². The van der Waals surface area contributed by atoms with Crippen LogP contribution in [0.25, 0.3) is 33.5 Å². The van der Waals surface area contributed by atoms with Crippen molar-refractivity contribution in [3.8, 4) is 17.3 Å². The van der Waals surface area contributed by atoms with Crippen molar-refractivity contribution >= 4 is 89.8 Å². The molecule has 0 aliphatic rings. The number of aromatic nitrogens is 2. The van der Waals surface area contributed by atoms with Crippen LogP contribution in [0.5, 0.6) is 5.75 Å². The molecule has 0 aliphatic heterocycles. The van der Waals surface area contributed by atoms with Gasteiger partial charge in [-0.05, 0) is 100 Å². The SMILES string of the molecule is O=c1c2ccccc2nc(-c2cc3cc(Br)ccc3o2)n1N=Cc1ccc(OCc2ccc(Cl)c(Cl)c2)c(I)c1. The number of ether oxygens (including phenoxy) is 1. The highest BCUT2D eigenvalue weighted by Gasteiger charge is 2.16. The Labute approximate surface area is 260 Å². The Kier molecular flexibility index (Phi) is 7.67. The predicted molar refractivity (Wildman–Crippen MR) is 172 cm³/mol. The molecule has 0 radical (unpaired) electrons. The van der Waals surface area contributed by atoms with E-state index in [2.05, 4.69) is 43.6 Å². The van der Waals surface area contributed by atoms with Crippen LogP contribution < -0.4 is 10.3 Å². The van der Waals surface area contributed by atoms with Crippen molar-refractivity contribution in [3.05, 3.63) is 124 Å². The first-order valence-electron chi connectivity index (χ1n) is 12.0. The largest absolute Gasteiger partial charge is 0.488 e. The number of nitrogens with zero attached hydrogens (tertiary/aromatic N) is 3. The first kappa shape index (κ1) is 27.0. The summed E-state index contributed by atoms with van der Waals surface area (Å²) < 4.78 is 15.1. The number of hydrogen-bond acceptors (Lipinski definition) is 5. The maximum atomic E-state index is 13.5.